The van der Waals surface area contributed by atoms with Gasteiger partial charge in [-0.05, 0) is 45.4 Å². The van der Waals surface area contributed by atoms with Crippen LogP contribution in [0, 0.1) is 0 Å². The molecule has 0 N–H and O–H groups in total. The minimum atomic E-state index is -0.534. The second-order valence-corrected chi connectivity index (χ2v) is 7.12. The third-order valence-electron chi connectivity index (χ3n) is 3.22. The molecule has 1 amide bonds. The van der Waals surface area contributed by atoms with Crippen molar-refractivity contribution in [3.05, 3.63) is 28.0 Å². The van der Waals surface area contributed by atoms with Crippen molar-refractivity contribution in [3.8, 4) is 0 Å². The molecule has 1 aromatic heterocycles. The number of halogens is 2. The average Bonchev–Trinajstić information content (AvgIpc) is 2.35. The van der Waals surface area contributed by atoms with E-state index in [9.17, 15) is 4.79 Å². The first kappa shape index (κ1) is 17.3. The Morgan fingerprint density at radius 3 is 2.50 bits per heavy atom. The van der Waals surface area contributed by atoms with E-state index in [1.54, 1.807) is 17.0 Å². The van der Waals surface area contributed by atoms with Crippen LogP contribution in [-0.2, 0) is 9.47 Å². The highest BCUT2D eigenvalue weighted by molar-refractivity contribution is 6.32. The zero-order valence-electron chi connectivity index (χ0n) is 13.1. The largest absolute Gasteiger partial charge is 0.444 e. The fourth-order valence-corrected chi connectivity index (χ4v) is 2.68. The lowest BCUT2D eigenvalue weighted by molar-refractivity contribution is -0.0668. The third kappa shape index (κ3) is 4.48. The number of pyridine rings is 1. The zero-order chi connectivity index (χ0) is 16.5. The highest BCUT2D eigenvalue weighted by Crippen LogP contribution is 2.28. The molecule has 1 saturated heterocycles. The van der Waals surface area contributed by atoms with Crippen LogP contribution in [0.1, 0.15) is 39.4 Å². The van der Waals surface area contributed by atoms with Crippen LogP contribution in [0.3, 0.4) is 0 Å². The first-order chi connectivity index (χ1) is 10.2. The van der Waals surface area contributed by atoms with Crippen LogP contribution in [0.4, 0.5) is 4.79 Å². The monoisotopic (exact) mass is 346 g/mol. The number of rotatable bonds is 1. The van der Waals surface area contributed by atoms with E-state index in [1.165, 1.54) is 0 Å². The molecule has 1 aliphatic heterocycles. The Bertz CT molecular complexity index is 540. The van der Waals surface area contributed by atoms with Gasteiger partial charge in [-0.2, -0.15) is 0 Å². The molecule has 0 aromatic carbocycles. The maximum atomic E-state index is 12.3. The first-order valence-electron chi connectivity index (χ1n) is 7.10. The molecule has 0 saturated carbocycles. The zero-order valence-corrected chi connectivity index (χ0v) is 14.6. The summed E-state index contributed by atoms with van der Waals surface area (Å²) in [4.78, 5) is 17.9. The van der Waals surface area contributed by atoms with Crippen LogP contribution in [0.15, 0.2) is 12.1 Å². The van der Waals surface area contributed by atoms with Gasteiger partial charge in [-0.15, -0.1) is 0 Å². The topological polar surface area (TPSA) is 51.7 Å². The number of amides is 1. The molecule has 7 heteroatoms. The summed E-state index contributed by atoms with van der Waals surface area (Å²) >= 11 is 11.9. The van der Waals surface area contributed by atoms with Crippen LogP contribution in [0.2, 0.25) is 10.3 Å². The average molecular weight is 347 g/mol. The summed E-state index contributed by atoms with van der Waals surface area (Å²) in [5, 5.41) is 0.599. The van der Waals surface area contributed by atoms with Gasteiger partial charge in [-0.3, -0.25) is 0 Å². The lowest BCUT2D eigenvalue weighted by Gasteiger charge is -2.38. The van der Waals surface area contributed by atoms with Gasteiger partial charge in [-0.1, -0.05) is 23.2 Å². The van der Waals surface area contributed by atoms with E-state index in [2.05, 4.69) is 4.98 Å². The van der Waals surface area contributed by atoms with E-state index < -0.39 is 5.60 Å². The summed E-state index contributed by atoms with van der Waals surface area (Å²) in [7, 11) is 0. The molecule has 0 bridgehead atoms. The normalized spacial score (nSPS) is 22.5. The summed E-state index contributed by atoms with van der Waals surface area (Å²) in [6.45, 7) is 8.25. The van der Waals surface area contributed by atoms with E-state index in [0.717, 1.165) is 5.56 Å². The Balaban J connectivity index is 2.15. The number of carbonyl (C=O) groups is 1. The molecule has 2 rings (SSSR count). The molecule has 1 aliphatic rings. The van der Waals surface area contributed by atoms with E-state index in [0.29, 0.717) is 23.5 Å². The van der Waals surface area contributed by atoms with Gasteiger partial charge in [0.05, 0.1) is 19.2 Å². The number of nitrogens with zero attached hydrogens (tertiary/aromatic N) is 2. The van der Waals surface area contributed by atoms with Crippen molar-refractivity contribution in [1.82, 2.24) is 9.88 Å². The molecule has 0 aliphatic carbocycles. The first-order valence-corrected chi connectivity index (χ1v) is 7.85. The van der Waals surface area contributed by atoms with Crippen molar-refractivity contribution in [3.63, 3.8) is 0 Å². The van der Waals surface area contributed by atoms with Crippen LogP contribution < -0.4 is 0 Å². The molecule has 2 atom stereocenters. The molecule has 0 spiro atoms. The summed E-state index contributed by atoms with van der Waals surface area (Å²) < 4.78 is 11.2. The third-order valence-corrected chi connectivity index (χ3v) is 3.61. The predicted octanol–water partition coefficient (Wildman–Crippen LogP) is 4.09. The highest BCUT2D eigenvalue weighted by atomic mass is 35.5. The predicted molar refractivity (Wildman–Crippen MR) is 85.4 cm³/mol. The Labute approximate surface area is 140 Å². The number of carbonyl (C=O) groups excluding carboxylic acids is 1. The molecule has 1 aromatic rings. The fourth-order valence-electron chi connectivity index (χ4n) is 2.20. The van der Waals surface area contributed by atoms with Crippen LogP contribution >= 0.6 is 23.2 Å². The molecule has 2 heterocycles. The molecular weight excluding hydrogens is 327 g/mol. The number of ether oxygens (including phenoxy) is 2. The van der Waals surface area contributed by atoms with Gasteiger partial charge < -0.3 is 14.4 Å². The van der Waals surface area contributed by atoms with Gasteiger partial charge in [0.25, 0.3) is 0 Å². The molecule has 5 nitrogen and oxygen atoms in total. The fraction of sp³-hybridized carbons (Fsp3) is 0.600. The summed E-state index contributed by atoms with van der Waals surface area (Å²) in [6.07, 6.45) is -0.652. The van der Waals surface area contributed by atoms with Gasteiger partial charge in [0, 0.05) is 0 Å². The van der Waals surface area contributed by atoms with Crippen LogP contribution in [0.5, 0.6) is 0 Å². The SMILES string of the molecule is C[C@H]1CO[C@H](c2cc(Cl)nc(Cl)c2)CN1C(=O)OC(C)(C)C. The van der Waals surface area contributed by atoms with Crippen LogP contribution in [0.25, 0.3) is 0 Å². The van der Waals surface area contributed by atoms with Gasteiger partial charge in [-0.25, -0.2) is 9.78 Å². The number of hydrogen-bond donors (Lipinski definition) is 0. The standard InChI is InChI=1S/C15H20Cl2N2O3/c1-9-8-21-11(10-5-12(16)18-13(17)6-10)7-19(9)14(20)22-15(2,3)4/h5-6,9,11H,7-8H2,1-4H3/t9-,11-/m0/s1. The molecular formula is C15H20Cl2N2O3. The molecule has 0 radical (unpaired) electrons. The minimum Gasteiger partial charge on any atom is -0.444 e. The van der Waals surface area contributed by atoms with Crippen molar-refractivity contribution in [2.45, 2.75) is 45.4 Å². The smallest absolute Gasteiger partial charge is 0.410 e. The Hall–Kier alpha value is -1.04. The number of morpholine rings is 1. The van der Waals surface area contributed by atoms with Crippen molar-refractivity contribution in [1.29, 1.82) is 0 Å². The molecule has 22 heavy (non-hydrogen) atoms. The quantitative estimate of drug-likeness (QED) is 0.718. The molecule has 1 fully saturated rings. The number of hydrogen-bond acceptors (Lipinski definition) is 4. The van der Waals surface area contributed by atoms with E-state index >= 15 is 0 Å². The van der Waals surface area contributed by atoms with Crippen molar-refractivity contribution < 1.29 is 14.3 Å². The lowest BCUT2D eigenvalue weighted by Crippen LogP contribution is -2.49. The van der Waals surface area contributed by atoms with Crippen molar-refractivity contribution in [2.24, 2.45) is 0 Å². The second kappa shape index (κ2) is 6.60. The summed E-state index contributed by atoms with van der Waals surface area (Å²) in [6, 6.07) is 3.33. The Morgan fingerprint density at radius 2 is 1.95 bits per heavy atom. The maximum absolute atomic E-state index is 12.3. The molecule has 122 valence electrons. The minimum absolute atomic E-state index is 0.0566. The molecule has 0 unspecified atom stereocenters. The second-order valence-electron chi connectivity index (χ2n) is 6.35. The Morgan fingerprint density at radius 1 is 1.36 bits per heavy atom. The van der Waals surface area contributed by atoms with Crippen molar-refractivity contribution >= 4 is 29.3 Å². The lowest BCUT2D eigenvalue weighted by atomic mass is 10.1. The van der Waals surface area contributed by atoms with Crippen LogP contribution in [-0.4, -0.2) is 40.8 Å². The van der Waals surface area contributed by atoms with E-state index in [4.69, 9.17) is 32.7 Å². The van der Waals surface area contributed by atoms with E-state index in [-0.39, 0.29) is 18.2 Å². The van der Waals surface area contributed by atoms with Gasteiger partial charge in [0.2, 0.25) is 0 Å². The van der Waals surface area contributed by atoms with Gasteiger partial charge >= 0.3 is 6.09 Å². The summed E-state index contributed by atoms with van der Waals surface area (Å²) in [5.74, 6) is 0. The maximum Gasteiger partial charge on any atom is 0.410 e. The highest BCUT2D eigenvalue weighted by Gasteiger charge is 2.33. The van der Waals surface area contributed by atoms with E-state index in [1.807, 2.05) is 27.7 Å². The van der Waals surface area contributed by atoms with Gasteiger partial charge in [0.15, 0.2) is 0 Å². The van der Waals surface area contributed by atoms with Gasteiger partial charge in [0.1, 0.15) is 22.0 Å². The Kier molecular flexibility index (Phi) is 5.20. The number of aromatic nitrogens is 1. The van der Waals surface area contributed by atoms with Crippen molar-refractivity contribution in [2.75, 3.05) is 13.2 Å². The summed E-state index contributed by atoms with van der Waals surface area (Å²) in [5.41, 5.74) is 0.263.